The molecule has 1 heterocycles. The first kappa shape index (κ1) is 12.2. The number of fused-ring (bicyclic) bond motifs is 1. The average Bonchev–Trinajstić information content (AvgIpc) is 2.39. The van der Waals surface area contributed by atoms with Crippen LogP contribution in [0, 0.1) is 0 Å². The summed E-state index contributed by atoms with van der Waals surface area (Å²) in [6.45, 7) is 0.417. The first-order valence-corrected chi connectivity index (χ1v) is 5.89. The molecule has 2 atom stereocenters. The molecule has 0 aromatic heterocycles. The molecule has 0 saturated carbocycles. The molecule has 92 valence electrons. The Hall–Kier alpha value is -1.26. The zero-order valence-electron chi connectivity index (χ0n) is 9.48. The number of benzene rings is 1. The van der Waals surface area contributed by atoms with Gasteiger partial charge in [-0.3, -0.25) is 4.79 Å². The number of para-hydroxylation sites is 1. The summed E-state index contributed by atoms with van der Waals surface area (Å²) in [5.74, 6) is 0.506. The van der Waals surface area contributed by atoms with E-state index < -0.39 is 0 Å². The number of carbonyl (C=O) groups excluding carboxylic acids is 1. The van der Waals surface area contributed by atoms with E-state index in [1.54, 1.807) is 7.11 Å². The van der Waals surface area contributed by atoms with Crippen LogP contribution in [0.15, 0.2) is 24.3 Å². The summed E-state index contributed by atoms with van der Waals surface area (Å²) in [5.41, 5.74) is 0.920. The summed E-state index contributed by atoms with van der Waals surface area (Å²) in [5, 5.41) is 2.85. The number of methoxy groups -OCH3 is 1. The van der Waals surface area contributed by atoms with E-state index in [-0.39, 0.29) is 23.9 Å². The van der Waals surface area contributed by atoms with Crippen LogP contribution in [0.1, 0.15) is 11.6 Å². The summed E-state index contributed by atoms with van der Waals surface area (Å²) >= 11 is 5.51. The lowest BCUT2D eigenvalue weighted by atomic mass is 9.98. The van der Waals surface area contributed by atoms with Crippen molar-refractivity contribution < 1.29 is 14.3 Å². The highest BCUT2D eigenvalue weighted by molar-refractivity contribution is 6.27. The van der Waals surface area contributed by atoms with Crippen LogP contribution in [0.2, 0.25) is 0 Å². The molecular formula is C12H14ClNO3. The van der Waals surface area contributed by atoms with Crippen LogP contribution in [0.3, 0.4) is 0 Å². The third kappa shape index (κ3) is 2.53. The van der Waals surface area contributed by atoms with Crippen molar-refractivity contribution in [3.05, 3.63) is 29.8 Å². The molecule has 0 spiro atoms. The highest BCUT2D eigenvalue weighted by atomic mass is 35.5. The number of halogens is 1. The molecule has 1 aliphatic heterocycles. The monoisotopic (exact) mass is 255 g/mol. The fourth-order valence-electron chi connectivity index (χ4n) is 1.92. The van der Waals surface area contributed by atoms with Crippen molar-refractivity contribution in [2.75, 3.05) is 19.6 Å². The number of ether oxygens (including phenoxy) is 2. The topological polar surface area (TPSA) is 47.6 Å². The standard InChI is InChI=1S/C12H14ClNO3/c1-16-10-7-17-9-5-3-2-4-8(9)12(10)14-11(15)6-13/h2-5,10,12H,6-7H2,1H3,(H,14,15). The highest BCUT2D eigenvalue weighted by Crippen LogP contribution is 2.32. The molecule has 2 rings (SSSR count). The Morgan fingerprint density at radius 1 is 1.59 bits per heavy atom. The van der Waals surface area contributed by atoms with Crippen LogP contribution >= 0.6 is 11.6 Å². The van der Waals surface area contributed by atoms with Gasteiger partial charge in [0.25, 0.3) is 0 Å². The zero-order chi connectivity index (χ0) is 12.3. The van der Waals surface area contributed by atoms with Crippen molar-refractivity contribution in [3.8, 4) is 5.75 Å². The summed E-state index contributed by atoms with van der Waals surface area (Å²) in [7, 11) is 1.60. The lowest BCUT2D eigenvalue weighted by Crippen LogP contribution is -2.43. The van der Waals surface area contributed by atoms with Gasteiger partial charge in [-0.05, 0) is 6.07 Å². The van der Waals surface area contributed by atoms with E-state index in [1.165, 1.54) is 0 Å². The van der Waals surface area contributed by atoms with E-state index >= 15 is 0 Å². The lowest BCUT2D eigenvalue weighted by Gasteiger charge is -2.33. The molecule has 5 heteroatoms. The van der Waals surface area contributed by atoms with Gasteiger partial charge in [0.05, 0.1) is 6.04 Å². The minimum atomic E-state index is -0.213. The molecule has 0 aliphatic carbocycles. The van der Waals surface area contributed by atoms with Crippen molar-refractivity contribution in [1.29, 1.82) is 0 Å². The quantitative estimate of drug-likeness (QED) is 0.833. The molecule has 1 aromatic rings. The molecule has 1 aliphatic rings. The Morgan fingerprint density at radius 3 is 3.06 bits per heavy atom. The minimum Gasteiger partial charge on any atom is -0.490 e. The second kappa shape index (κ2) is 5.38. The van der Waals surface area contributed by atoms with Gasteiger partial charge in [-0.2, -0.15) is 0 Å². The van der Waals surface area contributed by atoms with Crippen LogP contribution < -0.4 is 10.1 Å². The maximum atomic E-state index is 11.4. The smallest absolute Gasteiger partial charge is 0.235 e. The molecule has 1 amide bonds. The number of carbonyl (C=O) groups is 1. The van der Waals surface area contributed by atoms with E-state index in [1.807, 2.05) is 24.3 Å². The number of hydrogen-bond donors (Lipinski definition) is 1. The van der Waals surface area contributed by atoms with Gasteiger partial charge in [-0.25, -0.2) is 0 Å². The SMILES string of the molecule is COC1COc2ccccc2C1NC(=O)CCl. The van der Waals surface area contributed by atoms with Crippen LogP contribution in [-0.4, -0.2) is 31.6 Å². The second-order valence-corrected chi connectivity index (χ2v) is 4.07. The van der Waals surface area contributed by atoms with Gasteiger partial charge in [0.15, 0.2) is 0 Å². The van der Waals surface area contributed by atoms with Crippen LogP contribution in [-0.2, 0) is 9.53 Å². The Morgan fingerprint density at radius 2 is 2.35 bits per heavy atom. The van der Waals surface area contributed by atoms with E-state index in [9.17, 15) is 4.79 Å². The van der Waals surface area contributed by atoms with Crippen molar-refractivity contribution >= 4 is 17.5 Å². The Bertz CT molecular complexity index is 410. The number of rotatable bonds is 3. The van der Waals surface area contributed by atoms with Crippen LogP contribution in [0.5, 0.6) is 5.75 Å². The molecule has 4 nitrogen and oxygen atoms in total. The number of nitrogens with one attached hydrogen (secondary N) is 1. The van der Waals surface area contributed by atoms with Crippen LogP contribution in [0.4, 0.5) is 0 Å². The summed E-state index contributed by atoms with van der Waals surface area (Å²) in [4.78, 5) is 11.4. The number of alkyl halides is 1. The van der Waals surface area contributed by atoms with Gasteiger partial charge >= 0.3 is 0 Å². The third-order valence-electron chi connectivity index (χ3n) is 2.77. The molecule has 0 saturated heterocycles. The van der Waals surface area contributed by atoms with Gasteiger partial charge in [0, 0.05) is 12.7 Å². The van der Waals surface area contributed by atoms with Gasteiger partial charge in [-0.15, -0.1) is 11.6 Å². The summed E-state index contributed by atoms with van der Waals surface area (Å²) in [6, 6.07) is 7.38. The highest BCUT2D eigenvalue weighted by Gasteiger charge is 2.31. The number of hydrogen-bond acceptors (Lipinski definition) is 3. The Kier molecular flexibility index (Phi) is 3.86. The second-order valence-electron chi connectivity index (χ2n) is 3.80. The molecule has 1 N–H and O–H groups in total. The minimum absolute atomic E-state index is 0.0596. The zero-order valence-corrected chi connectivity index (χ0v) is 10.2. The molecule has 0 bridgehead atoms. The summed E-state index contributed by atoms with van der Waals surface area (Å²) in [6.07, 6.45) is -0.197. The maximum Gasteiger partial charge on any atom is 0.235 e. The fourth-order valence-corrected chi connectivity index (χ4v) is 2.00. The molecule has 0 radical (unpaired) electrons. The van der Waals surface area contributed by atoms with E-state index in [2.05, 4.69) is 5.32 Å². The van der Waals surface area contributed by atoms with E-state index in [0.717, 1.165) is 11.3 Å². The molecule has 0 fully saturated rings. The molecule has 2 unspecified atom stereocenters. The van der Waals surface area contributed by atoms with Gasteiger partial charge in [0.1, 0.15) is 24.3 Å². The van der Waals surface area contributed by atoms with E-state index in [0.29, 0.717) is 6.61 Å². The van der Waals surface area contributed by atoms with Crippen molar-refractivity contribution in [3.63, 3.8) is 0 Å². The Balaban J connectivity index is 2.27. The van der Waals surface area contributed by atoms with Gasteiger partial charge in [0.2, 0.25) is 5.91 Å². The summed E-state index contributed by atoms with van der Waals surface area (Å²) < 4.78 is 10.9. The Labute approximate surface area is 105 Å². The van der Waals surface area contributed by atoms with Crippen LogP contribution in [0.25, 0.3) is 0 Å². The molecule has 1 aromatic carbocycles. The largest absolute Gasteiger partial charge is 0.490 e. The van der Waals surface area contributed by atoms with Crippen molar-refractivity contribution in [2.45, 2.75) is 12.1 Å². The van der Waals surface area contributed by atoms with Crippen molar-refractivity contribution in [2.24, 2.45) is 0 Å². The van der Waals surface area contributed by atoms with Gasteiger partial charge < -0.3 is 14.8 Å². The normalized spacial score (nSPS) is 22.5. The van der Waals surface area contributed by atoms with Gasteiger partial charge in [-0.1, -0.05) is 18.2 Å². The number of amides is 1. The van der Waals surface area contributed by atoms with E-state index in [4.69, 9.17) is 21.1 Å². The first-order chi connectivity index (χ1) is 8.26. The molecular weight excluding hydrogens is 242 g/mol. The van der Waals surface area contributed by atoms with Crippen molar-refractivity contribution in [1.82, 2.24) is 5.32 Å². The predicted molar refractivity (Wildman–Crippen MR) is 64.3 cm³/mol. The lowest BCUT2D eigenvalue weighted by molar-refractivity contribution is -0.121. The maximum absolute atomic E-state index is 11.4. The molecule has 17 heavy (non-hydrogen) atoms. The third-order valence-corrected chi connectivity index (χ3v) is 3.01. The predicted octanol–water partition coefficient (Wildman–Crippen LogP) is 1.49. The average molecular weight is 256 g/mol. The first-order valence-electron chi connectivity index (χ1n) is 5.36. The fraction of sp³-hybridized carbons (Fsp3) is 0.417.